The molecule has 0 aromatic carbocycles. The molecule has 1 aliphatic carbocycles. The lowest BCUT2D eigenvalue weighted by molar-refractivity contribution is 0.0508. The van der Waals surface area contributed by atoms with Crippen LogP contribution in [0.15, 0.2) is 0 Å². The van der Waals surface area contributed by atoms with Crippen molar-refractivity contribution >= 4 is 6.03 Å². The van der Waals surface area contributed by atoms with E-state index in [0.717, 1.165) is 32.0 Å². The Hall–Kier alpha value is -0.810. The highest BCUT2D eigenvalue weighted by atomic mass is 16.2. The molecule has 2 amide bonds. The van der Waals surface area contributed by atoms with Crippen LogP contribution in [0.2, 0.25) is 0 Å². The molecule has 1 unspecified atom stereocenters. The zero-order valence-electron chi connectivity index (χ0n) is 15.1. The molecule has 5 nitrogen and oxygen atoms in total. The van der Waals surface area contributed by atoms with E-state index in [2.05, 4.69) is 41.3 Å². The van der Waals surface area contributed by atoms with Crippen LogP contribution in [0.3, 0.4) is 0 Å². The fourth-order valence-corrected chi connectivity index (χ4v) is 4.54. The number of urea groups is 1. The number of nitrogens with one attached hydrogen (secondary N) is 2. The predicted molar refractivity (Wildman–Crippen MR) is 93.6 cm³/mol. The highest BCUT2D eigenvalue weighted by molar-refractivity contribution is 5.74. The minimum Gasteiger partial charge on any atom is -0.337 e. The third-order valence-electron chi connectivity index (χ3n) is 6.01. The quantitative estimate of drug-likeness (QED) is 0.788. The van der Waals surface area contributed by atoms with Gasteiger partial charge in [0.2, 0.25) is 0 Å². The smallest absolute Gasteiger partial charge is 0.315 e. The van der Waals surface area contributed by atoms with Gasteiger partial charge in [0.15, 0.2) is 0 Å². The number of fused-ring (bicyclic) bond motifs is 2. The minimum atomic E-state index is 0.0251. The van der Waals surface area contributed by atoms with Crippen molar-refractivity contribution in [3.63, 3.8) is 0 Å². The molecule has 5 heteroatoms. The molecule has 2 heterocycles. The molecular weight excluding hydrogens is 288 g/mol. The molecule has 0 radical (unpaired) electrons. The molecule has 0 aromatic heterocycles. The van der Waals surface area contributed by atoms with Crippen LogP contribution in [0.1, 0.15) is 58.8 Å². The van der Waals surface area contributed by atoms with Crippen LogP contribution in [0.4, 0.5) is 4.79 Å². The number of rotatable bonds is 6. The van der Waals surface area contributed by atoms with Crippen molar-refractivity contribution in [3.8, 4) is 0 Å². The molecule has 0 aromatic rings. The van der Waals surface area contributed by atoms with Crippen LogP contribution in [-0.2, 0) is 0 Å². The third kappa shape index (κ3) is 4.38. The second-order valence-corrected chi connectivity index (χ2v) is 8.04. The summed E-state index contributed by atoms with van der Waals surface area (Å²) in [5.41, 5.74) is 0. The summed E-state index contributed by atoms with van der Waals surface area (Å²) >= 11 is 0. The standard InChI is InChI=1S/C18H34N4O/c1-13(2)22(15-7-8-15)10-9-19-18(23)20-14-11-16-5-4-6-17(12-14)21(16)3/h13-17H,4-12H2,1-3H3,(H2,19,20,23)/t14?,16-,17+. The van der Waals surface area contributed by atoms with Crippen molar-refractivity contribution in [3.05, 3.63) is 0 Å². The van der Waals surface area contributed by atoms with Crippen molar-refractivity contribution in [1.82, 2.24) is 20.4 Å². The summed E-state index contributed by atoms with van der Waals surface area (Å²) in [5.74, 6) is 0. The number of carbonyl (C=O) groups excluding carboxylic acids is 1. The van der Waals surface area contributed by atoms with E-state index in [1.807, 2.05) is 0 Å². The van der Waals surface area contributed by atoms with Crippen molar-refractivity contribution < 1.29 is 4.79 Å². The molecule has 2 bridgehead atoms. The first kappa shape index (κ1) is 17.0. The third-order valence-corrected chi connectivity index (χ3v) is 6.01. The van der Waals surface area contributed by atoms with E-state index in [1.165, 1.54) is 32.1 Å². The Bertz CT molecular complexity index is 394. The van der Waals surface area contributed by atoms with Gasteiger partial charge in [-0.25, -0.2) is 4.79 Å². The lowest BCUT2D eigenvalue weighted by Gasteiger charge is -2.47. The van der Waals surface area contributed by atoms with Crippen molar-refractivity contribution in [2.75, 3.05) is 20.1 Å². The topological polar surface area (TPSA) is 47.6 Å². The number of piperidine rings is 2. The first-order chi connectivity index (χ1) is 11.0. The number of carbonyl (C=O) groups is 1. The lowest BCUT2D eigenvalue weighted by atomic mass is 9.82. The molecule has 0 spiro atoms. The average molecular weight is 322 g/mol. The Balaban J connectivity index is 1.38. The van der Waals surface area contributed by atoms with E-state index >= 15 is 0 Å². The number of hydrogen-bond acceptors (Lipinski definition) is 3. The number of amides is 2. The van der Waals surface area contributed by atoms with E-state index in [1.54, 1.807) is 0 Å². The van der Waals surface area contributed by atoms with Crippen molar-refractivity contribution in [1.29, 1.82) is 0 Å². The summed E-state index contributed by atoms with van der Waals surface area (Å²) in [5, 5.41) is 6.29. The predicted octanol–water partition coefficient (Wildman–Crippen LogP) is 2.17. The SMILES string of the molecule is CC(C)N(CCNC(=O)NC1C[C@H]2CCC[C@@H](C1)N2C)C1CC1. The van der Waals surface area contributed by atoms with Crippen LogP contribution in [0.5, 0.6) is 0 Å². The van der Waals surface area contributed by atoms with Crippen molar-refractivity contribution in [2.24, 2.45) is 0 Å². The maximum absolute atomic E-state index is 12.2. The second-order valence-electron chi connectivity index (χ2n) is 8.04. The summed E-state index contributed by atoms with van der Waals surface area (Å²) in [6, 6.07) is 3.04. The van der Waals surface area contributed by atoms with Gasteiger partial charge >= 0.3 is 6.03 Å². The Labute approximate surface area is 141 Å². The van der Waals surface area contributed by atoms with E-state index in [0.29, 0.717) is 24.2 Å². The summed E-state index contributed by atoms with van der Waals surface area (Å²) in [7, 11) is 2.25. The molecule has 132 valence electrons. The van der Waals surface area contributed by atoms with Gasteiger partial charge in [-0.2, -0.15) is 0 Å². The molecule has 3 aliphatic rings. The monoisotopic (exact) mass is 322 g/mol. The van der Waals surface area contributed by atoms with Gasteiger partial charge in [-0.15, -0.1) is 0 Å². The van der Waals surface area contributed by atoms with E-state index in [-0.39, 0.29) is 6.03 Å². The summed E-state index contributed by atoms with van der Waals surface area (Å²) in [6.45, 7) is 6.21. The van der Waals surface area contributed by atoms with Gasteiger partial charge in [-0.05, 0) is 59.4 Å². The van der Waals surface area contributed by atoms with E-state index in [9.17, 15) is 4.79 Å². The fourth-order valence-electron chi connectivity index (χ4n) is 4.54. The highest BCUT2D eigenvalue weighted by Gasteiger charge is 2.36. The van der Waals surface area contributed by atoms with Gasteiger partial charge in [0, 0.05) is 43.3 Å². The Morgan fingerprint density at radius 1 is 1.17 bits per heavy atom. The number of hydrogen-bond donors (Lipinski definition) is 2. The van der Waals surface area contributed by atoms with E-state index in [4.69, 9.17) is 0 Å². The van der Waals surface area contributed by atoms with Gasteiger partial charge in [-0.1, -0.05) is 6.42 Å². The molecule has 1 saturated carbocycles. The maximum Gasteiger partial charge on any atom is 0.315 e. The van der Waals surface area contributed by atoms with Gasteiger partial charge < -0.3 is 15.5 Å². The Morgan fingerprint density at radius 3 is 2.39 bits per heavy atom. The van der Waals surface area contributed by atoms with Crippen LogP contribution in [0.25, 0.3) is 0 Å². The summed E-state index contributed by atoms with van der Waals surface area (Å²) in [4.78, 5) is 17.2. The van der Waals surface area contributed by atoms with Gasteiger partial charge in [0.25, 0.3) is 0 Å². The van der Waals surface area contributed by atoms with Gasteiger partial charge in [0.05, 0.1) is 0 Å². The van der Waals surface area contributed by atoms with E-state index < -0.39 is 0 Å². The molecule has 2 N–H and O–H groups in total. The molecule has 23 heavy (non-hydrogen) atoms. The van der Waals surface area contributed by atoms with Crippen LogP contribution in [0, 0.1) is 0 Å². The zero-order chi connectivity index (χ0) is 16.4. The molecule has 3 atom stereocenters. The van der Waals surface area contributed by atoms with Crippen LogP contribution >= 0.6 is 0 Å². The molecular formula is C18H34N4O. The lowest BCUT2D eigenvalue weighted by Crippen LogP contribution is -2.56. The molecule has 2 aliphatic heterocycles. The Kier molecular flexibility index (Phi) is 5.47. The number of nitrogens with zero attached hydrogens (tertiary/aromatic N) is 2. The first-order valence-corrected chi connectivity index (χ1v) is 9.56. The molecule has 3 fully saturated rings. The highest BCUT2D eigenvalue weighted by Crippen LogP contribution is 2.32. The largest absolute Gasteiger partial charge is 0.337 e. The van der Waals surface area contributed by atoms with Crippen molar-refractivity contribution in [2.45, 2.75) is 89.0 Å². The minimum absolute atomic E-state index is 0.0251. The molecule has 3 rings (SSSR count). The van der Waals surface area contributed by atoms with Crippen LogP contribution in [-0.4, -0.2) is 66.2 Å². The second kappa shape index (κ2) is 7.39. The fraction of sp³-hybridized carbons (Fsp3) is 0.944. The Morgan fingerprint density at radius 2 is 1.83 bits per heavy atom. The first-order valence-electron chi connectivity index (χ1n) is 9.56. The average Bonchev–Trinajstić information content (AvgIpc) is 3.29. The zero-order valence-corrected chi connectivity index (χ0v) is 15.1. The van der Waals surface area contributed by atoms with Gasteiger partial charge in [-0.3, -0.25) is 4.90 Å². The summed E-state index contributed by atoms with van der Waals surface area (Å²) in [6.07, 6.45) is 8.80. The maximum atomic E-state index is 12.2. The normalized spacial score (nSPS) is 31.4. The summed E-state index contributed by atoms with van der Waals surface area (Å²) < 4.78 is 0. The van der Waals surface area contributed by atoms with Crippen LogP contribution < -0.4 is 10.6 Å². The molecule has 2 saturated heterocycles. The van der Waals surface area contributed by atoms with Gasteiger partial charge in [0.1, 0.15) is 0 Å².